The Kier molecular flexibility index (Phi) is 4.93. The summed E-state index contributed by atoms with van der Waals surface area (Å²) in [6.45, 7) is 4.07. The molecule has 1 aliphatic heterocycles. The number of fused-ring (bicyclic) bond motifs is 1. The van der Waals surface area contributed by atoms with Gasteiger partial charge < -0.3 is 4.74 Å². The molecule has 1 saturated heterocycles. The van der Waals surface area contributed by atoms with Crippen molar-refractivity contribution in [3.8, 4) is 17.1 Å². The second-order valence-corrected chi connectivity index (χ2v) is 6.65. The van der Waals surface area contributed by atoms with Crippen molar-refractivity contribution < 1.29 is 4.74 Å². The van der Waals surface area contributed by atoms with Crippen LogP contribution in [0.2, 0.25) is 0 Å². The van der Waals surface area contributed by atoms with Gasteiger partial charge in [0.2, 0.25) is 5.88 Å². The summed E-state index contributed by atoms with van der Waals surface area (Å²) in [5.74, 6) is 0.717. The zero-order valence-electron chi connectivity index (χ0n) is 14.5. The minimum absolute atomic E-state index is 0.694. The molecule has 0 amide bonds. The fourth-order valence-corrected chi connectivity index (χ4v) is 3.53. The summed E-state index contributed by atoms with van der Waals surface area (Å²) in [5, 5.41) is 2.33. The smallest absolute Gasteiger partial charge is 0.214 e. The van der Waals surface area contributed by atoms with Gasteiger partial charge in [0, 0.05) is 23.6 Å². The van der Waals surface area contributed by atoms with Gasteiger partial charge in [-0.15, -0.1) is 0 Å². The molecule has 3 heteroatoms. The Balaban J connectivity index is 1.57. The summed E-state index contributed by atoms with van der Waals surface area (Å²) >= 11 is 0. The lowest BCUT2D eigenvalue weighted by atomic mass is 10.0. The lowest BCUT2D eigenvalue weighted by molar-refractivity contribution is 0.181. The van der Waals surface area contributed by atoms with Crippen molar-refractivity contribution in [3.05, 3.63) is 60.7 Å². The van der Waals surface area contributed by atoms with Crippen molar-refractivity contribution in [3.63, 3.8) is 0 Å². The highest BCUT2D eigenvalue weighted by atomic mass is 16.5. The van der Waals surface area contributed by atoms with Crippen molar-refractivity contribution in [2.24, 2.45) is 0 Å². The van der Waals surface area contributed by atoms with Gasteiger partial charge >= 0.3 is 0 Å². The summed E-state index contributed by atoms with van der Waals surface area (Å²) < 4.78 is 6.03. The molecule has 25 heavy (non-hydrogen) atoms. The monoisotopic (exact) mass is 332 g/mol. The van der Waals surface area contributed by atoms with E-state index in [2.05, 4.69) is 59.5 Å². The van der Waals surface area contributed by atoms with Crippen LogP contribution in [0.25, 0.3) is 22.0 Å². The molecule has 0 radical (unpaired) electrons. The normalized spacial score (nSPS) is 15.4. The molecular weight excluding hydrogens is 308 g/mol. The second-order valence-electron chi connectivity index (χ2n) is 6.65. The van der Waals surface area contributed by atoms with E-state index in [9.17, 15) is 0 Å². The maximum atomic E-state index is 6.03. The number of benzene rings is 2. The van der Waals surface area contributed by atoms with Gasteiger partial charge in [-0.1, -0.05) is 61.0 Å². The Hall–Kier alpha value is -2.39. The first kappa shape index (κ1) is 16.1. The van der Waals surface area contributed by atoms with E-state index in [4.69, 9.17) is 9.72 Å². The predicted octanol–water partition coefficient (Wildman–Crippen LogP) is 4.77. The molecule has 0 spiro atoms. The van der Waals surface area contributed by atoms with Gasteiger partial charge in [-0.2, -0.15) is 0 Å². The second kappa shape index (κ2) is 7.66. The van der Waals surface area contributed by atoms with Crippen LogP contribution in [0.5, 0.6) is 5.88 Å². The molecule has 1 aromatic heterocycles. The van der Waals surface area contributed by atoms with E-state index in [1.54, 1.807) is 0 Å². The van der Waals surface area contributed by atoms with E-state index in [1.807, 2.05) is 6.07 Å². The van der Waals surface area contributed by atoms with Gasteiger partial charge in [-0.05, 0) is 31.3 Å². The lowest BCUT2D eigenvalue weighted by Gasteiger charge is -2.26. The molecule has 0 bridgehead atoms. The van der Waals surface area contributed by atoms with Crippen molar-refractivity contribution in [1.82, 2.24) is 9.88 Å². The van der Waals surface area contributed by atoms with E-state index in [0.717, 1.165) is 29.1 Å². The zero-order chi connectivity index (χ0) is 16.9. The highest BCUT2D eigenvalue weighted by molar-refractivity contribution is 5.95. The average molecular weight is 332 g/mol. The molecule has 0 N–H and O–H groups in total. The maximum absolute atomic E-state index is 6.03. The summed E-state index contributed by atoms with van der Waals surface area (Å²) in [6.07, 6.45) is 3.99. The number of rotatable bonds is 5. The minimum Gasteiger partial charge on any atom is -0.476 e. The van der Waals surface area contributed by atoms with E-state index in [0.29, 0.717) is 6.61 Å². The first-order valence-electron chi connectivity index (χ1n) is 9.20. The predicted molar refractivity (Wildman–Crippen MR) is 103 cm³/mol. The minimum atomic E-state index is 0.694. The Labute approximate surface area is 149 Å². The fourth-order valence-electron chi connectivity index (χ4n) is 3.53. The number of piperidine rings is 1. The standard InChI is InChI=1S/C22H24N2O/c1-3-9-18(10-4-1)22-20-12-6-5-11-19(20)17-21(23-22)25-16-15-24-13-7-2-8-14-24/h1,3-6,9-12,17H,2,7-8,13-16H2. The number of aromatic nitrogens is 1. The van der Waals surface area contributed by atoms with Gasteiger partial charge in [0.25, 0.3) is 0 Å². The molecule has 2 aromatic carbocycles. The number of hydrogen-bond donors (Lipinski definition) is 0. The highest BCUT2D eigenvalue weighted by Crippen LogP contribution is 2.29. The first-order valence-corrected chi connectivity index (χ1v) is 9.20. The Morgan fingerprint density at radius 1 is 0.880 bits per heavy atom. The molecular formula is C22H24N2O. The van der Waals surface area contributed by atoms with E-state index in [1.165, 1.54) is 37.7 Å². The van der Waals surface area contributed by atoms with Crippen LogP contribution >= 0.6 is 0 Å². The molecule has 0 unspecified atom stereocenters. The molecule has 1 aliphatic rings. The summed E-state index contributed by atoms with van der Waals surface area (Å²) in [6, 6.07) is 20.8. The SMILES string of the molecule is c1ccc(-c2nc(OCCN3CCCCC3)cc3ccccc23)cc1. The molecule has 4 rings (SSSR count). The molecule has 0 aliphatic carbocycles. The Morgan fingerprint density at radius 3 is 2.48 bits per heavy atom. The number of nitrogens with zero attached hydrogens (tertiary/aromatic N) is 2. The summed E-state index contributed by atoms with van der Waals surface area (Å²) in [4.78, 5) is 7.30. The third-order valence-corrected chi connectivity index (χ3v) is 4.87. The molecule has 0 atom stereocenters. The van der Waals surface area contributed by atoms with E-state index in [-0.39, 0.29) is 0 Å². The van der Waals surface area contributed by atoms with Gasteiger partial charge in [0.1, 0.15) is 6.61 Å². The van der Waals surface area contributed by atoms with Crippen LogP contribution in [0.15, 0.2) is 60.7 Å². The average Bonchev–Trinajstić information content (AvgIpc) is 2.69. The van der Waals surface area contributed by atoms with Crippen LogP contribution in [0.4, 0.5) is 0 Å². The molecule has 3 aromatic rings. The largest absolute Gasteiger partial charge is 0.476 e. The number of ether oxygens (including phenoxy) is 1. The highest BCUT2D eigenvalue weighted by Gasteiger charge is 2.11. The summed E-state index contributed by atoms with van der Waals surface area (Å²) in [7, 11) is 0. The van der Waals surface area contributed by atoms with Crippen LogP contribution in [-0.4, -0.2) is 36.1 Å². The van der Waals surface area contributed by atoms with Crippen LogP contribution in [-0.2, 0) is 0 Å². The quantitative estimate of drug-likeness (QED) is 0.673. The fraction of sp³-hybridized carbons (Fsp3) is 0.318. The Bertz CT molecular complexity index is 826. The Morgan fingerprint density at radius 2 is 1.64 bits per heavy atom. The van der Waals surface area contributed by atoms with Crippen molar-refractivity contribution in [1.29, 1.82) is 0 Å². The van der Waals surface area contributed by atoms with Crippen molar-refractivity contribution >= 4 is 10.8 Å². The lowest BCUT2D eigenvalue weighted by Crippen LogP contribution is -2.33. The topological polar surface area (TPSA) is 25.4 Å². The third kappa shape index (κ3) is 3.83. The van der Waals surface area contributed by atoms with Gasteiger partial charge in [-0.3, -0.25) is 4.90 Å². The van der Waals surface area contributed by atoms with Gasteiger partial charge in [-0.25, -0.2) is 4.98 Å². The van der Waals surface area contributed by atoms with E-state index >= 15 is 0 Å². The molecule has 128 valence electrons. The number of hydrogen-bond acceptors (Lipinski definition) is 3. The molecule has 2 heterocycles. The molecule has 0 saturated carbocycles. The third-order valence-electron chi connectivity index (χ3n) is 4.87. The number of pyridine rings is 1. The van der Waals surface area contributed by atoms with Gasteiger partial charge in [0.05, 0.1) is 5.69 Å². The van der Waals surface area contributed by atoms with Crippen LogP contribution < -0.4 is 4.74 Å². The van der Waals surface area contributed by atoms with Crippen molar-refractivity contribution in [2.45, 2.75) is 19.3 Å². The van der Waals surface area contributed by atoms with E-state index < -0.39 is 0 Å². The van der Waals surface area contributed by atoms with Crippen molar-refractivity contribution in [2.75, 3.05) is 26.2 Å². The van der Waals surface area contributed by atoms with Crippen LogP contribution in [0.3, 0.4) is 0 Å². The zero-order valence-corrected chi connectivity index (χ0v) is 14.5. The van der Waals surface area contributed by atoms with Crippen LogP contribution in [0, 0.1) is 0 Å². The summed E-state index contributed by atoms with van der Waals surface area (Å²) in [5.41, 5.74) is 2.12. The molecule has 1 fully saturated rings. The first-order chi connectivity index (χ1) is 12.4. The number of likely N-dealkylation sites (tertiary alicyclic amines) is 1. The van der Waals surface area contributed by atoms with Gasteiger partial charge in [0.15, 0.2) is 0 Å². The molecule has 3 nitrogen and oxygen atoms in total. The van der Waals surface area contributed by atoms with Crippen LogP contribution in [0.1, 0.15) is 19.3 Å². The maximum Gasteiger partial charge on any atom is 0.214 e.